The van der Waals surface area contributed by atoms with Gasteiger partial charge in [-0.05, 0) is 34.1 Å². The fourth-order valence-corrected chi connectivity index (χ4v) is 2.78. The quantitative estimate of drug-likeness (QED) is 0.745. The fraction of sp³-hybridized carbons (Fsp3) is 0.0714. The molecular formula is C14H10BrN3O3S. The zero-order valence-corrected chi connectivity index (χ0v) is 13.8. The summed E-state index contributed by atoms with van der Waals surface area (Å²) in [5, 5.41) is 3.10. The summed E-state index contributed by atoms with van der Waals surface area (Å²) in [5.74, 6) is 0.944. The number of rotatable bonds is 4. The van der Waals surface area contributed by atoms with Crippen molar-refractivity contribution in [3.63, 3.8) is 0 Å². The lowest BCUT2D eigenvalue weighted by Gasteiger charge is -2.00. The Morgan fingerprint density at radius 3 is 3.00 bits per heavy atom. The van der Waals surface area contributed by atoms with Crippen LogP contribution in [0.5, 0.6) is 5.75 Å². The number of nitrogens with one attached hydrogen (secondary N) is 1. The van der Waals surface area contributed by atoms with Crippen molar-refractivity contribution in [1.29, 1.82) is 0 Å². The predicted molar refractivity (Wildman–Crippen MR) is 86.3 cm³/mol. The highest BCUT2D eigenvalue weighted by Gasteiger charge is 2.15. The minimum absolute atomic E-state index is 0.311. The van der Waals surface area contributed by atoms with Crippen molar-refractivity contribution >= 4 is 38.5 Å². The Bertz CT molecular complexity index is 815. The van der Waals surface area contributed by atoms with Gasteiger partial charge in [0.1, 0.15) is 5.75 Å². The summed E-state index contributed by atoms with van der Waals surface area (Å²) in [6.45, 7) is 0. The molecule has 1 N–H and O–H groups in total. The summed E-state index contributed by atoms with van der Waals surface area (Å²) >= 11 is 4.27. The largest absolute Gasteiger partial charge is 0.497 e. The molecule has 0 unspecified atom stereocenters. The highest BCUT2D eigenvalue weighted by atomic mass is 79.9. The van der Waals surface area contributed by atoms with Crippen LogP contribution >= 0.6 is 27.5 Å². The summed E-state index contributed by atoms with van der Waals surface area (Å²) in [6, 6.07) is 8.98. The van der Waals surface area contributed by atoms with Gasteiger partial charge in [-0.15, -0.1) is 0 Å². The SMILES string of the molecule is COc1cccc(-c2nsc(NC(=O)c3ccoc3Br)n2)c1. The fourth-order valence-electron chi connectivity index (χ4n) is 1.77. The summed E-state index contributed by atoms with van der Waals surface area (Å²) in [7, 11) is 1.60. The Labute approximate surface area is 138 Å². The van der Waals surface area contributed by atoms with Crippen LogP contribution in [0.1, 0.15) is 10.4 Å². The number of anilines is 1. The maximum Gasteiger partial charge on any atom is 0.261 e. The molecule has 1 aromatic carbocycles. The van der Waals surface area contributed by atoms with E-state index in [0.717, 1.165) is 22.8 Å². The van der Waals surface area contributed by atoms with E-state index in [1.807, 2.05) is 24.3 Å². The van der Waals surface area contributed by atoms with Gasteiger partial charge in [-0.1, -0.05) is 12.1 Å². The van der Waals surface area contributed by atoms with Crippen LogP contribution < -0.4 is 10.1 Å². The molecule has 1 amide bonds. The van der Waals surface area contributed by atoms with E-state index < -0.39 is 0 Å². The van der Waals surface area contributed by atoms with E-state index in [1.165, 1.54) is 6.26 Å². The molecule has 0 aliphatic heterocycles. The summed E-state index contributed by atoms with van der Waals surface area (Å²) in [4.78, 5) is 16.4. The average Bonchev–Trinajstić information content (AvgIpc) is 3.16. The zero-order valence-electron chi connectivity index (χ0n) is 11.4. The van der Waals surface area contributed by atoms with Gasteiger partial charge in [-0.3, -0.25) is 10.1 Å². The average molecular weight is 380 g/mol. The second-order valence-corrected chi connectivity index (χ2v) is 5.69. The number of benzene rings is 1. The normalized spacial score (nSPS) is 10.5. The molecular weight excluding hydrogens is 370 g/mol. The van der Waals surface area contributed by atoms with E-state index in [-0.39, 0.29) is 5.91 Å². The number of furan rings is 1. The van der Waals surface area contributed by atoms with Gasteiger partial charge in [-0.25, -0.2) is 0 Å². The third-order valence-electron chi connectivity index (χ3n) is 2.84. The van der Waals surface area contributed by atoms with Crippen LogP contribution in [0.15, 0.2) is 45.7 Å². The number of amides is 1. The van der Waals surface area contributed by atoms with Crippen molar-refractivity contribution in [2.45, 2.75) is 0 Å². The van der Waals surface area contributed by atoms with Gasteiger partial charge in [0.2, 0.25) is 5.13 Å². The molecule has 0 bridgehead atoms. The van der Waals surface area contributed by atoms with E-state index in [9.17, 15) is 4.79 Å². The van der Waals surface area contributed by atoms with Crippen LogP contribution in [0, 0.1) is 0 Å². The molecule has 0 fully saturated rings. The molecule has 6 nitrogen and oxygen atoms in total. The minimum atomic E-state index is -0.311. The number of carbonyl (C=O) groups excluding carboxylic acids is 1. The third kappa shape index (κ3) is 3.02. The van der Waals surface area contributed by atoms with Crippen molar-refractivity contribution in [3.05, 3.63) is 46.8 Å². The molecule has 8 heteroatoms. The standard InChI is InChI=1S/C14H10BrN3O3S/c1-20-9-4-2-3-8(7-9)12-16-14(22-18-12)17-13(19)10-5-6-21-11(10)15/h2-7H,1H3,(H,16,17,18,19). The molecule has 3 aromatic rings. The predicted octanol–water partition coefficient (Wildman–Crippen LogP) is 3.82. The number of aromatic nitrogens is 2. The lowest BCUT2D eigenvalue weighted by molar-refractivity contribution is 0.102. The second-order valence-electron chi connectivity index (χ2n) is 4.22. The van der Waals surface area contributed by atoms with Crippen LogP contribution in [-0.2, 0) is 0 Å². The first kappa shape index (κ1) is 14.7. The lowest BCUT2D eigenvalue weighted by Crippen LogP contribution is -2.11. The molecule has 0 saturated heterocycles. The van der Waals surface area contributed by atoms with Crippen LogP contribution in [0.25, 0.3) is 11.4 Å². The first-order valence-corrected chi connectivity index (χ1v) is 7.76. The topological polar surface area (TPSA) is 77.2 Å². The number of nitrogens with zero attached hydrogens (tertiary/aromatic N) is 2. The molecule has 0 radical (unpaired) electrons. The van der Waals surface area contributed by atoms with Gasteiger partial charge in [-0.2, -0.15) is 9.36 Å². The van der Waals surface area contributed by atoms with Crippen LogP contribution in [0.2, 0.25) is 0 Å². The molecule has 0 atom stereocenters. The number of hydrogen-bond acceptors (Lipinski definition) is 6. The number of halogens is 1. The van der Waals surface area contributed by atoms with E-state index in [1.54, 1.807) is 13.2 Å². The van der Waals surface area contributed by atoms with Crippen molar-refractivity contribution < 1.29 is 13.9 Å². The van der Waals surface area contributed by atoms with Gasteiger partial charge in [0.15, 0.2) is 10.5 Å². The monoisotopic (exact) mass is 379 g/mol. The minimum Gasteiger partial charge on any atom is -0.497 e. The molecule has 3 rings (SSSR count). The van der Waals surface area contributed by atoms with E-state index in [2.05, 4.69) is 30.6 Å². The van der Waals surface area contributed by atoms with Crippen molar-refractivity contribution in [3.8, 4) is 17.1 Å². The van der Waals surface area contributed by atoms with Gasteiger partial charge < -0.3 is 9.15 Å². The summed E-state index contributed by atoms with van der Waals surface area (Å²) in [6.07, 6.45) is 1.43. The molecule has 2 aromatic heterocycles. The van der Waals surface area contributed by atoms with Gasteiger partial charge in [0, 0.05) is 17.1 Å². The first-order chi connectivity index (χ1) is 10.7. The smallest absolute Gasteiger partial charge is 0.261 e. The number of hydrogen-bond donors (Lipinski definition) is 1. The Kier molecular flexibility index (Phi) is 4.21. The highest BCUT2D eigenvalue weighted by molar-refractivity contribution is 9.10. The zero-order chi connectivity index (χ0) is 15.5. The van der Waals surface area contributed by atoms with Crippen LogP contribution in [0.4, 0.5) is 5.13 Å². The molecule has 0 aliphatic carbocycles. The maximum atomic E-state index is 12.1. The van der Waals surface area contributed by atoms with Crippen LogP contribution in [-0.4, -0.2) is 22.4 Å². The Morgan fingerprint density at radius 1 is 1.41 bits per heavy atom. The van der Waals surface area contributed by atoms with Crippen molar-refractivity contribution in [2.24, 2.45) is 0 Å². The molecule has 0 saturated carbocycles. The Morgan fingerprint density at radius 2 is 2.27 bits per heavy atom. The molecule has 22 heavy (non-hydrogen) atoms. The maximum absolute atomic E-state index is 12.1. The molecule has 0 aliphatic rings. The Balaban J connectivity index is 1.79. The van der Waals surface area contributed by atoms with E-state index in [0.29, 0.717) is 21.2 Å². The highest BCUT2D eigenvalue weighted by Crippen LogP contribution is 2.25. The number of methoxy groups -OCH3 is 1. The summed E-state index contributed by atoms with van der Waals surface area (Å²) < 4.78 is 14.8. The van der Waals surface area contributed by atoms with Crippen molar-refractivity contribution in [1.82, 2.24) is 9.36 Å². The third-order valence-corrected chi connectivity index (χ3v) is 4.08. The molecule has 2 heterocycles. The van der Waals surface area contributed by atoms with E-state index in [4.69, 9.17) is 9.15 Å². The van der Waals surface area contributed by atoms with Gasteiger partial charge in [0.05, 0.1) is 18.9 Å². The first-order valence-electron chi connectivity index (χ1n) is 6.20. The number of ether oxygens (including phenoxy) is 1. The lowest BCUT2D eigenvalue weighted by atomic mass is 10.2. The Hall–Kier alpha value is -2.19. The van der Waals surface area contributed by atoms with Gasteiger partial charge in [0.25, 0.3) is 5.91 Å². The molecule has 0 spiro atoms. The molecule has 112 valence electrons. The van der Waals surface area contributed by atoms with Crippen LogP contribution in [0.3, 0.4) is 0 Å². The number of carbonyl (C=O) groups is 1. The van der Waals surface area contributed by atoms with Crippen molar-refractivity contribution in [2.75, 3.05) is 12.4 Å². The van der Waals surface area contributed by atoms with E-state index >= 15 is 0 Å². The second kappa shape index (κ2) is 6.29. The summed E-state index contributed by atoms with van der Waals surface area (Å²) in [5.41, 5.74) is 1.22. The van der Waals surface area contributed by atoms with Gasteiger partial charge >= 0.3 is 0 Å².